The molecule has 0 unspecified atom stereocenters. The third-order valence-electron chi connectivity index (χ3n) is 6.34. The lowest BCUT2D eigenvalue weighted by molar-refractivity contribution is -0.127. The van der Waals surface area contributed by atoms with Gasteiger partial charge in [0, 0.05) is 47.7 Å². The Bertz CT molecular complexity index is 801. The third-order valence-corrected chi connectivity index (χ3v) is 6.57. The second kappa shape index (κ2) is 8.24. The second-order valence-electron chi connectivity index (χ2n) is 8.32. The van der Waals surface area contributed by atoms with E-state index in [0.29, 0.717) is 11.9 Å². The molecule has 1 aliphatic heterocycles. The standard InChI is InChI=1S/C22H30ClN3O/c1-25-14-17(20-13-18(23)7-8-21(20)25)15-26-11-9-16(10-12-26)22(27)24-19-5-3-2-4-6-19/h7-8,13-14,16,19H,2-6,9-12,15H2,1H3,(H,24,27). The maximum Gasteiger partial charge on any atom is 0.223 e. The van der Waals surface area contributed by atoms with Gasteiger partial charge >= 0.3 is 0 Å². The van der Waals surface area contributed by atoms with Crippen molar-refractivity contribution in [3.8, 4) is 0 Å². The Hall–Kier alpha value is -1.52. The van der Waals surface area contributed by atoms with Crippen LogP contribution in [0.25, 0.3) is 10.9 Å². The molecule has 2 aromatic rings. The summed E-state index contributed by atoms with van der Waals surface area (Å²) in [6, 6.07) is 6.52. The number of nitrogens with zero attached hydrogens (tertiary/aromatic N) is 2. The van der Waals surface area contributed by atoms with Crippen LogP contribution in [0, 0.1) is 5.92 Å². The Morgan fingerprint density at radius 1 is 1.15 bits per heavy atom. The van der Waals surface area contributed by atoms with Crippen molar-refractivity contribution in [3.63, 3.8) is 0 Å². The molecule has 1 aromatic heterocycles. The minimum atomic E-state index is 0.185. The summed E-state index contributed by atoms with van der Waals surface area (Å²) < 4.78 is 2.17. The van der Waals surface area contributed by atoms with E-state index in [4.69, 9.17) is 11.6 Å². The molecule has 1 amide bonds. The van der Waals surface area contributed by atoms with E-state index in [-0.39, 0.29) is 5.92 Å². The first-order valence-electron chi connectivity index (χ1n) is 10.4. The molecule has 1 aliphatic carbocycles. The molecule has 0 bridgehead atoms. The summed E-state index contributed by atoms with van der Waals surface area (Å²) in [4.78, 5) is 15.1. The van der Waals surface area contributed by atoms with Gasteiger partial charge in [-0.1, -0.05) is 30.9 Å². The number of piperidine rings is 1. The van der Waals surface area contributed by atoms with Crippen LogP contribution in [0.1, 0.15) is 50.5 Å². The first kappa shape index (κ1) is 18.8. The normalized spacial score (nSPS) is 20.2. The van der Waals surface area contributed by atoms with Crippen LogP contribution in [0.5, 0.6) is 0 Å². The summed E-state index contributed by atoms with van der Waals surface area (Å²) in [5.41, 5.74) is 2.54. The second-order valence-corrected chi connectivity index (χ2v) is 8.76. The molecule has 0 atom stereocenters. The van der Waals surface area contributed by atoms with Gasteiger partial charge in [0.1, 0.15) is 0 Å². The lowest BCUT2D eigenvalue weighted by Gasteiger charge is -2.32. The van der Waals surface area contributed by atoms with Crippen molar-refractivity contribution in [1.29, 1.82) is 0 Å². The number of rotatable bonds is 4. The van der Waals surface area contributed by atoms with Crippen LogP contribution in [0.15, 0.2) is 24.4 Å². The first-order chi connectivity index (χ1) is 13.1. The van der Waals surface area contributed by atoms with Gasteiger partial charge in [0.05, 0.1) is 0 Å². The number of amides is 1. The average molecular weight is 388 g/mol. The topological polar surface area (TPSA) is 37.3 Å². The van der Waals surface area contributed by atoms with Gasteiger partial charge in [-0.15, -0.1) is 0 Å². The minimum Gasteiger partial charge on any atom is -0.353 e. The molecule has 5 heteroatoms. The average Bonchev–Trinajstić information content (AvgIpc) is 2.98. The monoisotopic (exact) mass is 387 g/mol. The minimum absolute atomic E-state index is 0.185. The van der Waals surface area contributed by atoms with Crippen LogP contribution in [0.3, 0.4) is 0 Å². The van der Waals surface area contributed by atoms with Crippen LogP contribution in [0.2, 0.25) is 5.02 Å². The van der Waals surface area contributed by atoms with Gasteiger partial charge in [-0.2, -0.15) is 0 Å². The summed E-state index contributed by atoms with van der Waals surface area (Å²) in [5.74, 6) is 0.476. The largest absolute Gasteiger partial charge is 0.353 e. The number of carbonyl (C=O) groups is 1. The van der Waals surface area contributed by atoms with Crippen molar-refractivity contribution in [3.05, 3.63) is 35.0 Å². The molecule has 2 aliphatic rings. The van der Waals surface area contributed by atoms with Crippen LogP contribution in [-0.2, 0) is 18.4 Å². The van der Waals surface area contributed by atoms with Crippen molar-refractivity contribution >= 4 is 28.4 Å². The number of halogens is 1. The Morgan fingerprint density at radius 3 is 2.63 bits per heavy atom. The highest BCUT2D eigenvalue weighted by atomic mass is 35.5. The van der Waals surface area contributed by atoms with E-state index in [9.17, 15) is 4.79 Å². The van der Waals surface area contributed by atoms with Gasteiger partial charge < -0.3 is 9.88 Å². The number of nitrogens with one attached hydrogen (secondary N) is 1. The van der Waals surface area contributed by atoms with Gasteiger partial charge in [-0.3, -0.25) is 9.69 Å². The maximum atomic E-state index is 12.6. The lowest BCUT2D eigenvalue weighted by Crippen LogP contribution is -2.44. The van der Waals surface area contributed by atoms with E-state index >= 15 is 0 Å². The van der Waals surface area contributed by atoms with E-state index in [1.807, 2.05) is 6.07 Å². The SMILES string of the molecule is Cn1cc(CN2CCC(C(=O)NC3CCCCC3)CC2)c2cc(Cl)ccc21. The van der Waals surface area contributed by atoms with Crippen molar-refractivity contribution in [2.45, 2.75) is 57.5 Å². The van der Waals surface area contributed by atoms with E-state index < -0.39 is 0 Å². The highest BCUT2D eigenvalue weighted by Crippen LogP contribution is 2.27. The molecule has 0 spiro atoms. The molecule has 27 heavy (non-hydrogen) atoms. The number of fused-ring (bicyclic) bond motifs is 1. The number of likely N-dealkylation sites (tertiary alicyclic amines) is 1. The van der Waals surface area contributed by atoms with Crippen LogP contribution >= 0.6 is 11.6 Å². The van der Waals surface area contributed by atoms with Crippen LogP contribution in [-0.4, -0.2) is 34.5 Å². The highest BCUT2D eigenvalue weighted by molar-refractivity contribution is 6.31. The van der Waals surface area contributed by atoms with E-state index in [1.54, 1.807) is 0 Å². The number of hydrogen-bond acceptors (Lipinski definition) is 2. The molecule has 1 saturated heterocycles. The van der Waals surface area contributed by atoms with Gasteiger partial charge in [0.15, 0.2) is 0 Å². The summed E-state index contributed by atoms with van der Waals surface area (Å²) in [7, 11) is 2.08. The molecular formula is C22H30ClN3O. The van der Waals surface area contributed by atoms with E-state index in [2.05, 4.69) is 40.2 Å². The van der Waals surface area contributed by atoms with Crippen molar-refractivity contribution in [2.75, 3.05) is 13.1 Å². The summed E-state index contributed by atoms with van der Waals surface area (Å²) in [6.07, 6.45) is 10.3. The number of aryl methyl sites for hydroxylation is 1. The Balaban J connectivity index is 1.33. The molecule has 1 saturated carbocycles. The summed E-state index contributed by atoms with van der Waals surface area (Å²) >= 11 is 6.21. The van der Waals surface area contributed by atoms with Gasteiger partial charge in [0.25, 0.3) is 0 Å². The predicted octanol–water partition coefficient (Wildman–Crippen LogP) is 4.49. The maximum absolute atomic E-state index is 12.6. The van der Waals surface area contributed by atoms with Gasteiger partial charge in [-0.05, 0) is 62.5 Å². The fraction of sp³-hybridized carbons (Fsp3) is 0.591. The first-order valence-corrected chi connectivity index (χ1v) is 10.7. The van der Waals surface area contributed by atoms with Crippen molar-refractivity contribution in [2.24, 2.45) is 13.0 Å². The van der Waals surface area contributed by atoms with Crippen molar-refractivity contribution in [1.82, 2.24) is 14.8 Å². The fourth-order valence-electron chi connectivity index (χ4n) is 4.73. The fourth-order valence-corrected chi connectivity index (χ4v) is 4.90. The molecule has 146 valence electrons. The predicted molar refractivity (Wildman–Crippen MR) is 111 cm³/mol. The number of hydrogen-bond donors (Lipinski definition) is 1. The zero-order valence-corrected chi connectivity index (χ0v) is 17.0. The summed E-state index contributed by atoms with van der Waals surface area (Å²) in [6.45, 7) is 2.90. The van der Waals surface area contributed by atoms with E-state index in [0.717, 1.165) is 50.3 Å². The number of benzene rings is 1. The molecule has 2 fully saturated rings. The summed E-state index contributed by atoms with van der Waals surface area (Å²) in [5, 5.41) is 5.33. The lowest BCUT2D eigenvalue weighted by atomic mass is 9.92. The van der Waals surface area contributed by atoms with Crippen LogP contribution < -0.4 is 5.32 Å². The molecule has 2 heterocycles. The van der Waals surface area contributed by atoms with E-state index in [1.165, 1.54) is 35.7 Å². The Kier molecular flexibility index (Phi) is 5.74. The third kappa shape index (κ3) is 4.33. The zero-order valence-electron chi connectivity index (χ0n) is 16.2. The van der Waals surface area contributed by atoms with Crippen molar-refractivity contribution < 1.29 is 4.79 Å². The smallest absolute Gasteiger partial charge is 0.223 e. The molecule has 1 N–H and O–H groups in total. The molecule has 4 rings (SSSR count). The van der Waals surface area contributed by atoms with Crippen LogP contribution in [0.4, 0.5) is 0 Å². The zero-order chi connectivity index (χ0) is 18.8. The number of aromatic nitrogens is 1. The Labute approximate surface area is 166 Å². The molecule has 0 radical (unpaired) electrons. The quantitative estimate of drug-likeness (QED) is 0.839. The molecule has 4 nitrogen and oxygen atoms in total. The molecular weight excluding hydrogens is 358 g/mol. The molecule has 1 aromatic carbocycles. The van der Waals surface area contributed by atoms with Gasteiger partial charge in [0.2, 0.25) is 5.91 Å². The highest BCUT2D eigenvalue weighted by Gasteiger charge is 2.27. The number of carbonyl (C=O) groups excluding carboxylic acids is 1. The Morgan fingerprint density at radius 2 is 1.89 bits per heavy atom. The van der Waals surface area contributed by atoms with Gasteiger partial charge in [-0.25, -0.2) is 0 Å².